The number of carboxylic acid groups (broad SMARTS) is 1. The molecule has 0 bridgehead atoms. The van der Waals surface area contributed by atoms with Gasteiger partial charge >= 0.3 is 5.97 Å². The van der Waals surface area contributed by atoms with E-state index in [0.717, 1.165) is 5.56 Å². The Morgan fingerprint density at radius 1 is 1.23 bits per heavy atom. The highest BCUT2D eigenvalue weighted by atomic mass is 16.4. The van der Waals surface area contributed by atoms with Crippen molar-refractivity contribution in [1.82, 2.24) is 0 Å². The van der Waals surface area contributed by atoms with Crippen LogP contribution in [0.25, 0.3) is 0 Å². The monoisotopic (exact) mass is 180 g/mol. The van der Waals surface area contributed by atoms with Crippen molar-refractivity contribution in [3.8, 4) is 0 Å². The van der Waals surface area contributed by atoms with E-state index in [2.05, 4.69) is 13.8 Å². The summed E-state index contributed by atoms with van der Waals surface area (Å²) in [7, 11) is 0. The third-order valence-corrected chi connectivity index (χ3v) is 1.20. The normalized spacial score (nSPS) is 8.46. The number of rotatable bonds is 2. The van der Waals surface area contributed by atoms with Gasteiger partial charge in [-0.05, 0) is 5.56 Å². The Labute approximate surface area is 79.2 Å². The molecular formula is C11H16O2. The molecule has 0 saturated heterocycles. The number of benzene rings is 1. The van der Waals surface area contributed by atoms with Crippen LogP contribution in [0, 0.1) is 0 Å². The van der Waals surface area contributed by atoms with Crippen molar-refractivity contribution in [2.45, 2.75) is 26.7 Å². The fourth-order valence-corrected chi connectivity index (χ4v) is 0.770. The van der Waals surface area contributed by atoms with Gasteiger partial charge in [-0.25, -0.2) is 0 Å². The van der Waals surface area contributed by atoms with E-state index in [0.29, 0.717) is 0 Å². The Hall–Kier alpha value is -1.31. The first-order chi connectivity index (χ1) is 6.20. The second-order valence-electron chi connectivity index (χ2n) is 2.76. The maximum atomic E-state index is 10.2. The van der Waals surface area contributed by atoms with Gasteiger partial charge in [0.15, 0.2) is 0 Å². The predicted octanol–water partition coefficient (Wildman–Crippen LogP) is 2.73. The average Bonchev–Trinajstić information content (AvgIpc) is 2.06. The molecule has 0 heterocycles. The van der Waals surface area contributed by atoms with Gasteiger partial charge in [-0.15, -0.1) is 0 Å². The van der Waals surface area contributed by atoms with E-state index in [9.17, 15) is 4.79 Å². The van der Waals surface area contributed by atoms with Gasteiger partial charge in [0.1, 0.15) is 0 Å². The second-order valence-corrected chi connectivity index (χ2v) is 2.76. The summed E-state index contributed by atoms with van der Waals surface area (Å²) in [6.45, 7) is 4.25. The van der Waals surface area contributed by atoms with Gasteiger partial charge in [0.05, 0.1) is 6.42 Å². The number of hydrogen-bond donors (Lipinski definition) is 1. The zero-order chi connectivity index (χ0) is 10.1. The summed E-state index contributed by atoms with van der Waals surface area (Å²) in [6, 6.07) is 9.13. The van der Waals surface area contributed by atoms with Crippen molar-refractivity contribution in [2.24, 2.45) is 0 Å². The van der Waals surface area contributed by atoms with Crippen LogP contribution in [0.15, 0.2) is 30.3 Å². The molecule has 1 rings (SSSR count). The Morgan fingerprint density at radius 2 is 1.69 bits per heavy atom. The first-order valence-electron chi connectivity index (χ1n) is 4.46. The Morgan fingerprint density at radius 3 is 2.08 bits per heavy atom. The van der Waals surface area contributed by atoms with Gasteiger partial charge in [0, 0.05) is 0 Å². The summed E-state index contributed by atoms with van der Waals surface area (Å²) in [5, 5.41) is 8.37. The minimum atomic E-state index is -0.786. The van der Waals surface area contributed by atoms with E-state index in [1.807, 2.05) is 18.2 Å². The summed E-state index contributed by atoms with van der Waals surface area (Å²) in [6.07, 6.45) is 1.36. The van der Waals surface area contributed by atoms with Gasteiger partial charge in [0.25, 0.3) is 0 Å². The average molecular weight is 180 g/mol. The van der Waals surface area contributed by atoms with Crippen LogP contribution in [0.2, 0.25) is 0 Å². The van der Waals surface area contributed by atoms with Gasteiger partial charge in [-0.1, -0.05) is 50.6 Å². The fourth-order valence-electron chi connectivity index (χ4n) is 0.770. The smallest absolute Gasteiger partial charge is 0.307 e. The molecule has 0 aliphatic rings. The SMILES string of the molecule is CCC.O=C(O)Cc1ccccc1. The lowest BCUT2D eigenvalue weighted by molar-refractivity contribution is -0.136. The van der Waals surface area contributed by atoms with Crippen LogP contribution in [0.3, 0.4) is 0 Å². The largest absolute Gasteiger partial charge is 0.481 e. The molecule has 0 aromatic heterocycles. The van der Waals surface area contributed by atoms with Crippen LogP contribution in [0.5, 0.6) is 0 Å². The molecule has 0 saturated carbocycles. The zero-order valence-corrected chi connectivity index (χ0v) is 8.16. The van der Waals surface area contributed by atoms with Crippen LogP contribution in [-0.4, -0.2) is 11.1 Å². The van der Waals surface area contributed by atoms with Crippen LogP contribution < -0.4 is 0 Å². The maximum absolute atomic E-state index is 10.2. The first kappa shape index (κ1) is 11.7. The molecule has 1 aromatic carbocycles. The lowest BCUT2D eigenvalue weighted by Gasteiger charge is -1.92. The molecule has 13 heavy (non-hydrogen) atoms. The van der Waals surface area contributed by atoms with Gasteiger partial charge in [0.2, 0.25) is 0 Å². The lowest BCUT2D eigenvalue weighted by Crippen LogP contribution is -1.98. The molecule has 0 amide bonds. The van der Waals surface area contributed by atoms with E-state index >= 15 is 0 Å². The van der Waals surface area contributed by atoms with Crippen LogP contribution in [0.1, 0.15) is 25.8 Å². The summed E-state index contributed by atoms with van der Waals surface area (Å²) in [4.78, 5) is 10.2. The summed E-state index contributed by atoms with van der Waals surface area (Å²) in [5.74, 6) is -0.786. The third-order valence-electron chi connectivity index (χ3n) is 1.20. The zero-order valence-electron chi connectivity index (χ0n) is 8.16. The standard InChI is InChI=1S/C8H8O2.C3H8/c9-8(10)6-7-4-2-1-3-5-7;1-3-2/h1-5H,6H2,(H,9,10);3H2,1-2H3. The lowest BCUT2D eigenvalue weighted by atomic mass is 10.2. The molecule has 0 aliphatic carbocycles. The Bertz CT molecular complexity index is 229. The van der Waals surface area contributed by atoms with Crippen molar-refractivity contribution in [3.63, 3.8) is 0 Å². The molecule has 72 valence electrons. The molecular weight excluding hydrogens is 164 g/mol. The molecule has 0 radical (unpaired) electrons. The topological polar surface area (TPSA) is 37.3 Å². The van der Waals surface area contributed by atoms with E-state index in [1.54, 1.807) is 12.1 Å². The molecule has 0 spiro atoms. The Balaban J connectivity index is 0.000000424. The number of carboxylic acids is 1. The molecule has 2 heteroatoms. The molecule has 2 nitrogen and oxygen atoms in total. The van der Waals surface area contributed by atoms with Crippen molar-refractivity contribution in [1.29, 1.82) is 0 Å². The van der Waals surface area contributed by atoms with Crippen LogP contribution in [0.4, 0.5) is 0 Å². The molecule has 0 fully saturated rings. The van der Waals surface area contributed by atoms with Crippen molar-refractivity contribution in [3.05, 3.63) is 35.9 Å². The predicted molar refractivity (Wildman–Crippen MR) is 53.7 cm³/mol. The summed E-state index contributed by atoms with van der Waals surface area (Å²) in [5.41, 5.74) is 0.843. The molecule has 0 atom stereocenters. The van der Waals surface area contributed by atoms with Crippen LogP contribution >= 0.6 is 0 Å². The molecule has 0 unspecified atom stereocenters. The van der Waals surface area contributed by atoms with Crippen molar-refractivity contribution in [2.75, 3.05) is 0 Å². The van der Waals surface area contributed by atoms with Gasteiger partial charge in [-0.2, -0.15) is 0 Å². The minimum Gasteiger partial charge on any atom is -0.481 e. The van der Waals surface area contributed by atoms with E-state index < -0.39 is 5.97 Å². The van der Waals surface area contributed by atoms with Crippen molar-refractivity contribution < 1.29 is 9.90 Å². The molecule has 0 aliphatic heterocycles. The van der Waals surface area contributed by atoms with E-state index in [-0.39, 0.29) is 6.42 Å². The number of hydrogen-bond acceptors (Lipinski definition) is 1. The highest BCUT2D eigenvalue weighted by Gasteiger charge is 1.96. The summed E-state index contributed by atoms with van der Waals surface area (Å²) < 4.78 is 0. The van der Waals surface area contributed by atoms with E-state index in [4.69, 9.17) is 5.11 Å². The number of carbonyl (C=O) groups is 1. The van der Waals surface area contributed by atoms with Crippen molar-refractivity contribution >= 4 is 5.97 Å². The maximum Gasteiger partial charge on any atom is 0.307 e. The second kappa shape index (κ2) is 7.35. The highest BCUT2D eigenvalue weighted by molar-refractivity contribution is 5.70. The summed E-state index contributed by atoms with van der Waals surface area (Å²) >= 11 is 0. The highest BCUT2D eigenvalue weighted by Crippen LogP contribution is 1.98. The Kier molecular flexibility index (Phi) is 6.60. The first-order valence-corrected chi connectivity index (χ1v) is 4.46. The van der Waals surface area contributed by atoms with E-state index in [1.165, 1.54) is 6.42 Å². The number of aliphatic carboxylic acids is 1. The van der Waals surface area contributed by atoms with Gasteiger partial charge in [-0.3, -0.25) is 4.79 Å². The molecule has 1 aromatic rings. The fraction of sp³-hybridized carbons (Fsp3) is 0.364. The van der Waals surface area contributed by atoms with Gasteiger partial charge < -0.3 is 5.11 Å². The van der Waals surface area contributed by atoms with Crippen LogP contribution in [-0.2, 0) is 11.2 Å². The molecule has 1 N–H and O–H groups in total. The minimum absolute atomic E-state index is 0.112. The quantitative estimate of drug-likeness (QED) is 0.759. The third kappa shape index (κ3) is 7.06.